The van der Waals surface area contributed by atoms with E-state index in [9.17, 15) is 13.2 Å². The van der Waals surface area contributed by atoms with Crippen molar-refractivity contribution < 1.29 is 13.2 Å². The number of halogens is 5. The van der Waals surface area contributed by atoms with Crippen molar-refractivity contribution in [3.63, 3.8) is 0 Å². The van der Waals surface area contributed by atoms with Gasteiger partial charge in [0.25, 0.3) is 0 Å². The Hall–Kier alpha value is -1.04. The molecule has 0 aromatic heterocycles. The van der Waals surface area contributed by atoms with E-state index in [0.717, 1.165) is 29.9 Å². The van der Waals surface area contributed by atoms with E-state index in [4.69, 9.17) is 11.6 Å². The summed E-state index contributed by atoms with van der Waals surface area (Å²) in [6.07, 6.45) is -3.53. The number of hydrogen-bond donors (Lipinski definition) is 0. The normalized spacial score (nSPS) is 11.9. The number of rotatable bonds is 7. The van der Waals surface area contributed by atoms with E-state index in [0.29, 0.717) is 18.7 Å². The highest BCUT2D eigenvalue weighted by Gasteiger charge is 2.33. The second-order valence-corrected chi connectivity index (χ2v) is 6.69. The number of nitrogens with zero attached hydrogens (tertiary/aromatic N) is 1. The Balaban J connectivity index is 2.20. The zero-order chi connectivity index (χ0) is 17.6. The molecule has 0 radical (unpaired) electrons. The fourth-order valence-corrected chi connectivity index (χ4v) is 3.04. The van der Waals surface area contributed by atoms with Crippen molar-refractivity contribution in [2.75, 3.05) is 11.9 Å². The molecule has 0 aliphatic rings. The minimum absolute atomic E-state index is 0.207. The zero-order valence-electron chi connectivity index (χ0n) is 13.0. The summed E-state index contributed by atoms with van der Waals surface area (Å²) in [4.78, 5) is 2.11. The average molecular weight is 421 g/mol. The van der Waals surface area contributed by atoms with E-state index in [2.05, 4.69) is 20.8 Å². The van der Waals surface area contributed by atoms with Crippen LogP contribution in [0.3, 0.4) is 0 Å². The molecule has 0 bridgehead atoms. The highest BCUT2D eigenvalue weighted by Crippen LogP contribution is 2.36. The monoisotopic (exact) mass is 419 g/mol. The van der Waals surface area contributed by atoms with Gasteiger partial charge in [-0.25, -0.2) is 0 Å². The Morgan fingerprint density at radius 1 is 0.958 bits per heavy atom. The molecular weight excluding hydrogens is 403 g/mol. The third-order valence-electron chi connectivity index (χ3n) is 3.64. The lowest BCUT2D eigenvalue weighted by molar-refractivity contribution is -0.137. The first-order valence-corrected chi connectivity index (χ1v) is 9.08. The molecule has 0 aliphatic carbocycles. The van der Waals surface area contributed by atoms with Gasteiger partial charge in [-0.1, -0.05) is 70.0 Å². The third-order valence-corrected chi connectivity index (χ3v) is 4.64. The van der Waals surface area contributed by atoms with Crippen LogP contribution in [0.4, 0.5) is 13.2 Å². The largest absolute Gasteiger partial charge is 0.417 e. The fraction of sp³-hybridized carbons (Fsp3) is 0.333. The molecule has 0 saturated heterocycles. The van der Waals surface area contributed by atoms with Crippen LogP contribution in [0.2, 0.25) is 5.02 Å². The fourth-order valence-electron chi connectivity index (χ4n) is 2.50. The molecule has 6 heteroatoms. The predicted octanol–water partition coefficient (Wildman–Crippen LogP) is 6.15. The molecule has 0 atom stereocenters. The first-order valence-electron chi connectivity index (χ1n) is 7.58. The summed E-state index contributed by atoms with van der Waals surface area (Å²) in [5.41, 5.74) is 0.842. The standard InChI is InChI=1S/C18H18BrClF3N/c19-10-5-11-24(12-14-6-2-1-3-7-14)13-15-8-4-9-16(17(15)20)18(21,22)23/h1-4,6-9H,5,10-13H2. The van der Waals surface area contributed by atoms with Gasteiger partial charge >= 0.3 is 6.18 Å². The minimum Gasteiger partial charge on any atom is -0.295 e. The summed E-state index contributed by atoms with van der Waals surface area (Å²) in [5.74, 6) is 0. The van der Waals surface area contributed by atoms with Gasteiger partial charge in [-0.15, -0.1) is 0 Å². The second-order valence-electron chi connectivity index (χ2n) is 5.52. The molecule has 24 heavy (non-hydrogen) atoms. The maximum absolute atomic E-state index is 13.0. The van der Waals surface area contributed by atoms with E-state index < -0.39 is 11.7 Å². The van der Waals surface area contributed by atoms with Crippen LogP contribution in [0.5, 0.6) is 0 Å². The quantitative estimate of drug-likeness (QED) is 0.486. The Kier molecular flexibility index (Phi) is 7.14. The Bertz CT molecular complexity index is 646. The van der Waals surface area contributed by atoms with Gasteiger partial charge in [-0.2, -0.15) is 13.2 Å². The van der Waals surface area contributed by atoms with Crippen LogP contribution in [0.25, 0.3) is 0 Å². The second kappa shape index (κ2) is 8.88. The van der Waals surface area contributed by atoms with Crippen molar-refractivity contribution in [3.05, 3.63) is 70.2 Å². The summed E-state index contributed by atoms with van der Waals surface area (Å²) in [6.45, 7) is 1.82. The molecule has 2 rings (SSSR count). The molecule has 130 valence electrons. The van der Waals surface area contributed by atoms with Gasteiger partial charge in [0.2, 0.25) is 0 Å². The number of hydrogen-bond acceptors (Lipinski definition) is 1. The lowest BCUT2D eigenvalue weighted by Crippen LogP contribution is -2.25. The molecule has 2 aromatic rings. The van der Waals surface area contributed by atoms with Crippen molar-refractivity contribution >= 4 is 27.5 Å². The first kappa shape index (κ1) is 19.3. The van der Waals surface area contributed by atoms with Gasteiger partial charge in [-0.05, 0) is 30.2 Å². The van der Waals surface area contributed by atoms with Crippen LogP contribution in [-0.2, 0) is 19.3 Å². The highest BCUT2D eigenvalue weighted by atomic mass is 79.9. The molecule has 0 saturated carbocycles. The van der Waals surface area contributed by atoms with Crippen LogP contribution < -0.4 is 0 Å². The number of benzene rings is 2. The molecule has 0 amide bonds. The van der Waals surface area contributed by atoms with Gasteiger partial charge in [0.05, 0.1) is 10.6 Å². The van der Waals surface area contributed by atoms with Gasteiger partial charge in [0.15, 0.2) is 0 Å². The maximum Gasteiger partial charge on any atom is 0.417 e. The van der Waals surface area contributed by atoms with E-state index in [1.807, 2.05) is 30.3 Å². The van der Waals surface area contributed by atoms with Crippen molar-refractivity contribution in [2.45, 2.75) is 25.7 Å². The van der Waals surface area contributed by atoms with Gasteiger partial charge in [-0.3, -0.25) is 4.90 Å². The van der Waals surface area contributed by atoms with Crippen LogP contribution >= 0.6 is 27.5 Å². The summed E-state index contributed by atoms with van der Waals surface area (Å²) in [6, 6.07) is 14.0. The summed E-state index contributed by atoms with van der Waals surface area (Å²) < 4.78 is 39.0. The summed E-state index contributed by atoms with van der Waals surface area (Å²) >= 11 is 9.42. The lowest BCUT2D eigenvalue weighted by Gasteiger charge is -2.23. The lowest BCUT2D eigenvalue weighted by atomic mass is 10.1. The summed E-state index contributed by atoms with van der Waals surface area (Å²) in [7, 11) is 0. The molecular formula is C18H18BrClF3N. The number of alkyl halides is 4. The van der Waals surface area contributed by atoms with Crippen LogP contribution in [0.1, 0.15) is 23.1 Å². The SMILES string of the molecule is FC(F)(F)c1cccc(CN(CCCBr)Cc2ccccc2)c1Cl. The van der Waals surface area contributed by atoms with Gasteiger partial charge in [0.1, 0.15) is 0 Å². The molecule has 0 aliphatic heterocycles. The smallest absolute Gasteiger partial charge is 0.295 e. The molecule has 0 fully saturated rings. The molecule has 1 nitrogen and oxygen atoms in total. The van der Waals surface area contributed by atoms with Crippen LogP contribution in [0, 0.1) is 0 Å². The summed E-state index contributed by atoms with van der Waals surface area (Å²) in [5, 5.41) is 0.635. The highest BCUT2D eigenvalue weighted by molar-refractivity contribution is 9.09. The molecule has 0 unspecified atom stereocenters. The average Bonchev–Trinajstić information content (AvgIpc) is 2.54. The molecule has 2 aromatic carbocycles. The Labute approximate surface area is 153 Å². The van der Waals surface area contributed by atoms with Gasteiger partial charge in [0, 0.05) is 18.4 Å². The minimum atomic E-state index is -4.44. The molecule has 0 heterocycles. The first-order chi connectivity index (χ1) is 11.4. The van der Waals surface area contributed by atoms with Crippen molar-refractivity contribution in [2.24, 2.45) is 0 Å². The van der Waals surface area contributed by atoms with Crippen LogP contribution in [0.15, 0.2) is 48.5 Å². The van der Waals surface area contributed by atoms with E-state index in [1.54, 1.807) is 6.07 Å². The van der Waals surface area contributed by atoms with Crippen molar-refractivity contribution in [1.82, 2.24) is 4.90 Å². The Morgan fingerprint density at radius 3 is 2.29 bits per heavy atom. The Morgan fingerprint density at radius 2 is 1.67 bits per heavy atom. The van der Waals surface area contributed by atoms with Gasteiger partial charge < -0.3 is 0 Å². The van der Waals surface area contributed by atoms with E-state index in [1.165, 1.54) is 6.07 Å². The van der Waals surface area contributed by atoms with E-state index in [-0.39, 0.29) is 5.02 Å². The third kappa shape index (κ3) is 5.50. The molecule has 0 N–H and O–H groups in total. The zero-order valence-corrected chi connectivity index (χ0v) is 15.3. The van der Waals surface area contributed by atoms with Crippen LogP contribution in [-0.4, -0.2) is 16.8 Å². The van der Waals surface area contributed by atoms with E-state index >= 15 is 0 Å². The topological polar surface area (TPSA) is 3.24 Å². The molecule has 0 spiro atoms. The van der Waals surface area contributed by atoms with Crippen molar-refractivity contribution in [3.8, 4) is 0 Å². The maximum atomic E-state index is 13.0. The predicted molar refractivity (Wildman–Crippen MR) is 95.4 cm³/mol. The van der Waals surface area contributed by atoms with Crippen molar-refractivity contribution in [1.29, 1.82) is 0 Å².